The van der Waals surface area contributed by atoms with E-state index in [2.05, 4.69) is 32.1 Å². The van der Waals surface area contributed by atoms with Gasteiger partial charge in [0.2, 0.25) is 12.6 Å². The third kappa shape index (κ3) is 7.22. The van der Waals surface area contributed by atoms with Crippen LogP contribution in [0.1, 0.15) is 27.7 Å². The Hall–Kier alpha value is -2.64. The van der Waals surface area contributed by atoms with E-state index in [-0.39, 0.29) is 11.1 Å². The van der Waals surface area contributed by atoms with Crippen molar-refractivity contribution in [3.63, 3.8) is 0 Å². The lowest BCUT2D eigenvalue weighted by Crippen LogP contribution is -2.31. The fraction of sp³-hybridized carbons (Fsp3) is 0.429. The zero-order valence-electron chi connectivity index (χ0n) is 12.8. The second-order valence-corrected chi connectivity index (χ2v) is 4.32. The highest BCUT2D eigenvalue weighted by Crippen LogP contribution is 2.04. The van der Waals surface area contributed by atoms with Crippen molar-refractivity contribution in [1.82, 2.24) is 0 Å². The lowest BCUT2D eigenvalue weighted by molar-refractivity contribution is -0.201. The van der Waals surface area contributed by atoms with Crippen molar-refractivity contribution in [1.29, 1.82) is 0 Å². The zero-order chi connectivity index (χ0) is 17.4. The van der Waals surface area contributed by atoms with E-state index in [0.29, 0.717) is 0 Å². The molecule has 0 saturated heterocycles. The highest BCUT2D eigenvalue weighted by atomic mass is 16.7. The van der Waals surface area contributed by atoms with Gasteiger partial charge in [0.05, 0.1) is 0 Å². The number of carbonyl (C=O) groups excluding carboxylic acids is 4. The molecule has 22 heavy (non-hydrogen) atoms. The van der Waals surface area contributed by atoms with Crippen LogP contribution in [0.25, 0.3) is 0 Å². The Morgan fingerprint density at radius 1 is 0.636 bits per heavy atom. The van der Waals surface area contributed by atoms with Crippen LogP contribution in [0.3, 0.4) is 0 Å². The minimum absolute atomic E-state index is 0.103. The standard InChI is InChI=1S/C14H18O8/c1-7(2)11(15)19-9(5)21-13(17)14(18)22-10(6)20-12(16)8(3)4/h9-10H,1,3H2,2,4-6H3. The number of hydrogen-bond acceptors (Lipinski definition) is 8. The minimum Gasteiger partial charge on any atom is -0.422 e. The molecule has 0 aliphatic rings. The Bertz CT molecular complexity index is 459. The number of hydrogen-bond donors (Lipinski definition) is 0. The lowest BCUT2D eigenvalue weighted by Gasteiger charge is -2.16. The van der Waals surface area contributed by atoms with Crippen LogP contribution in [0, 0.1) is 0 Å². The number of ether oxygens (including phenoxy) is 4. The first kappa shape index (κ1) is 19.4. The molecule has 0 aromatic heterocycles. The molecule has 8 nitrogen and oxygen atoms in total. The smallest absolute Gasteiger partial charge is 0.420 e. The van der Waals surface area contributed by atoms with Gasteiger partial charge in [0.15, 0.2) is 0 Å². The molecule has 0 amide bonds. The summed E-state index contributed by atoms with van der Waals surface area (Å²) in [5, 5.41) is 0. The molecule has 0 fully saturated rings. The van der Waals surface area contributed by atoms with Crippen molar-refractivity contribution in [3.05, 3.63) is 24.3 Å². The van der Waals surface area contributed by atoms with E-state index >= 15 is 0 Å². The molecule has 0 aliphatic heterocycles. The Labute approximate surface area is 127 Å². The molecule has 0 bridgehead atoms. The number of carbonyl (C=O) groups is 4. The zero-order valence-corrected chi connectivity index (χ0v) is 12.8. The van der Waals surface area contributed by atoms with Crippen molar-refractivity contribution in [2.24, 2.45) is 0 Å². The minimum atomic E-state index is -1.40. The maximum Gasteiger partial charge on any atom is 0.420 e. The molecule has 0 radical (unpaired) electrons. The molecule has 2 atom stereocenters. The Kier molecular flexibility index (Phi) is 7.57. The average Bonchev–Trinajstić information content (AvgIpc) is 2.37. The molecule has 0 aromatic rings. The van der Waals surface area contributed by atoms with E-state index in [4.69, 9.17) is 0 Å². The Morgan fingerprint density at radius 2 is 0.864 bits per heavy atom. The molecule has 2 unspecified atom stereocenters. The molecule has 0 heterocycles. The molecule has 0 spiro atoms. The van der Waals surface area contributed by atoms with Crippen molar-refractivity contribution in [2.75, 3.05) is 0 Å². The van der Waals surface area contributed by atoms with E-state index in [1.807, 2.05) is 0 Å². The molecular formula is C14H18O8. The van der Waals surface area contributed by atoms with Crippen LogP contribution in [0.15, 0.2) is 24.3 Å². The maximum absolute atomic E-state index is 11.4. The summed E-state index contributed by atoms with van der Waals surface area (Å²) in [5.74, 6) is -4.37. The van der Waals surface area contributed by atoms with Gasteiger partial charge in [0, 0.05) is 25.0 Å². The quantitative estimate of drug-likeness (QED) is 0.309. The van der Waals surface area contributed by atoms with E-state index in [0.717, 1.165) is 0 Å². The van der Waals surface area contributed by atoms with Gasteiger partial charge in [-0.15, -0.1) is 0 Å². The highest BCUT2D eigenvalue weighted by molar-refractivity contribution is 6.29. The molecule has 0 N–H and O–H groups in total. The molecule has 0 saturated carbocycles. The third-order valence-electron chi connectivity index (χ3n) is 1.96. The fourth-order valence-corrected chi connectivity index (χ4v) is 0.948. The summed E-state index contributed by atoms with van der Waals surface area (Å²) < 4.78 is 18.4. The second kappa shape index (κ2) is 8.60. The van der Waals surface area contributed by atoms with Gasteiger partial charge in [-0.25, -0.2) is 19.2 Å². The summed E-state index contributed by atoms with van der Waals surface area (Å²) in [4.78, 5) is 45.1. The molecule has 0 aliphatic carbocycles. The van der Waals surface area contributed by atoms with Crippen molar-refractivity contribution in [2.45, 2.75) is 40.3 Å². The Morgan fingerprint density at radius 3 is 1.09 bits per heavy atom. The monoisotopic (exact) mass is 314 g/mol. The van der Waals surface area contributed by atoms with E-state index < -0.39 is 36.5 Å². The van der Waals surface area contributed by atoms with Crippen LogP contribution >= 0.6 is 0 Å². The van der Waals surface area contributed by atoms with E-state index in [1.165, 1.54) is 27.7 Å². The van der Waals surface area contributed by atoms with Crippen LogP contribution in [0.4, 0.5) is 0 Å². The van der Waals surface area contributed by atoms with Gasteiger partial charge in [-0.2, -0.15) is 0 Å². The molecule has 8 heteroatoms. The van der Waals surface area contributed by atoms with Gasteiger partial charge in [-0.3, -0.25) is 0 Å². The normalized spacial score (nSPS) is 12.4. The van der Waals surface area contributed by atoms with E-state index in [9.17, 15) is 19.2 Å². The fourth-order valence-electron chi connectivity index (χ4n) is 0.948. The van der Waals surface area contributed by atoms with Crippen LogP contribution in [0.5, 0.6) is 0 Å². The summed E-state index contributed by atoms with van der Waals surface area (Å²) in [6.45, 7) is 12.0. The first-order valence-electron chi connectivity index (χ1n) is 6.19. The summed E-state index contributed by atoms with van der Waals surface area (Å²) in [5.41, 5.74) is 0.205. The number of rotatable bonds is 6. The first-order chi connectivity index (χ1) is 10.0. The van der Waals surface area contributed by atoms with Gasteiger partial charge >= 0.3 is 23.9 Å². The summed E-state index contributed by atoms with van der Waals surface area (Å²) in [6.07, 6.45) is -2.62. The van der Waals surface area contributed by atoms with Crippen molar-refractivity contribution in [3.8, 4) is 0 Å². The predicted molar refractivity (Wildman–Crippen MR) is 72.9 cm³/mol. The topological polar surface area (TPSA) is 105 Å². The second-order valence-electron chi connectivity index (χ2n) is 4.32. The van der Waals surface area contributed by atoms with Gasteiger partial charge in [0.1, 0.15) is 0 Å². The summed E-state index contributed by atoms with van der Waals surface area (Å²) >= 11 is 0. The van der Waals surface area contributed by atoms with Gasteiger partial charge in [-0.05, 0) is 13.8 Å². The van der Waals surface area contributed by atoms with Gasteiger partial charge < -0.3 is 18.9 Å². The highest BCUT2D eigenvalue weighted by Gasteiger charge is 2.25. The van der Waals surface area contributed by atoms with Crippen LogP contribution in [-0.2, 0) is 38.1 Å². The maximum atomic E-state index is 11.4. The third-order valence-corrected chi connectivity index (χ3v) is 1.96. The van der Waals surface area contributed by atoms with Crippen molar-refractivity contribution >= 4 is 23.9 Å². The SMILES string of the molecule is C=C(C)C(=O)OC(C)OC(=O)C(=O)OC(C)OC(=O)C(=C)C. The Balaban J connectivity index is 4.35. The molecule has 122 valence electrons. The summed E-state index contributed by atoms with van der Waals surface area (Å²) in [6, 6.07) is 0. The van der Waals surface area contributed by atoms with Crippen LogP contribution < -0.4 is 0 Å². The lowest BCUT2D eigenvalue weighted by atomic mass is 10.4. The first-order valence-corrected chi connectivity index (χ1v) is 6.19. The number of esters is 4. The molecular weight excluding hydrogens is 296 g/mol. The van der Waals surface area contributed by atoms with Crippen molar-refractivity contribution < 1.29 is 38.1 Å². The van der Waals surface area contributed by atoms with Gasteiger partial charge in [-0.1, -0.05) is 13.2 Å². The van der Waals surface area contributed by atoms with Crippen LogP contribution in [0.2, 0.25) is 0 Å². The average molecular weight is 314 g/mol. The van der Waals surface area contributed by atoms with Crippen LogP contribution in [-0.4, -0.2) is 36.5 Å². The molecule has 0 rings (SSSR count). The van der Waals surface area contributed by atoms with Gasteiger partial charge in [0.25, 0.3) is 0 Å². The molecule has 0 aromatic carbocycles. The predicted octanol–water partition coefficient (Wildman–Crippen LogP) is 1.00. The van der Waals surface area contributed by atoms with E-state index in [1.54, 1.807) is 0 Å². The summed E-state index contributed by atoms with van der Waals surface area (Å²) in [7, 11) is 0. The largest absolute Gasteiger partial charge is 0.422 e.